The monoisotopic (exact) mass is 424 g/mol. The zero-order valence-electron chi connectivity index (χ0n) is 9.00. The van der Waals surface area contributed by atoms with Crippen LogP contribution in [-0.2, 0) is 0 Å². The molecule has 1 nitrogen and oxygen atoms in total. The van der Waals surface area contributed by atoms with Crippen LogP contribution in [0.4, 0.5) is 8.78 Å². The van der Waals surface area contributed by atoms with E-state index < -0.39 is 11.9 Å². The van der Waals surface area contributed by atoms with Crippen LogP contribution < -0.4 is 0 Å². The second-order valence-electron chi connectivity index (χ2n) is 3.73. The third kappa shape index (κ3) is 2.89. The van der Waals surface area contributed by atoms with Crippen LogP contribution in [0.2, 0.25) is 0 Å². The lowest BCUT2D eigenvalue weighted by Crippen LogP contribution is -2.05. The molecule has 18 heavy (non-hydrogen) atoms. The molecule has 0 aliphatic rings. The van der Waals surface area contributed by atoms with Gasteiger partial charge in [0, 0.05) is 13.6 Å². The fourth-order valence-corrected chi connectivity index (χ4v) is 2.77. The number of hydrogen-bond donors (Lipinski definition) is 1. The first-order valence-electron chi connectivity index (χ1n) is 5.07. The molecular weight excluding hydrogens is 417 g/mol. The van der Waals surface area contributed by atoms with Crippen molar-refractivity contribution in [2.24, 2.45) is 0 Å². The summed E-state index contributed by atoms with van der Waals surface area (Å²) in [6.45, 7) is 0. The van der Waals surface area contributed by atoms with Gasteiger partial charge in [0.15, 0.2) is 0 Å². The molecular formula is C13H8BrF2IO. The Balaban J connectivity index is 2.47. The Morgan fingerprint density at radius 2 is 1.78 bits per heavy atom. The highest BCUT2D eigenvalue weighted by Gasteiger charge is 2.18. The summed E-state index contributed by atoms with van der Waals surface area (Å²) in [6.07, 6.45) is -1.12. The van der Waals surface area contributed by atoms with Crippen LogP contribution in [0, 0.1) is 15.2 Å². The van der Waals surface area contributed by atoms with Crippen molar-refractivity contribution in [2.75, 3.05) is 0 Å². The van der Waals surface area contributed by atoms with E-state index in [1.807, 2.05) is 22.6 Å². The topological polar surface area (TPSA) is 20.2 Å². The molecule has 0 radical (unpaired) electrons. The standard InChI is InChI=1S/C13H8BrF2IO/c14-7-1-4-11(16)10(5-7)13(18)9-3-2-8(15)6-12(9)17/h1-6,13,18H. The van der Waals surface area contributed by atoms with Gasteiger partial charge in [-0.3, -0.25) is 0 Å². The summed E-state index contributed by atoms with van der Waals surface area (Å²) in [5.74, 6) is -0.879. The van der Waals surface area contributed by atoms with Gasteiger partial charge in [-0.1, -0.05) is 22.0 Å². The van der Waals surface area contributed by atoms with E-state index in [1.54, 1.807) is 6.07 Å². The Morgan fingerprint density at radius 3 is 2.44 bits per heavy atom. The molecule has 0 aromatic heterocycles. The molecule has 0 heterocycles. The third-order valence-corrected chi connectivity index (χ3v) is 3.94. The Bertz CT molecular complexity index is 589. The minimum Gasteiger partial charge on any atom is -0.384 e. The summed E-state index contributed by atoms with van der Waals surface area (Å²) in [6, 6.07) is 8.35. The maximum absolute atomic E-state index is 13.7. The molecule has 0 spiro atoms. The van der Waals surface area contributed by atoms with Gasteiger partial charge in [-0.05, 0) is 58.5 Å². The molecule has 0 amide bonds. The summed E-state index contributed by atoms with van der Waals surface area (Å²) in [4.78, 5) is 0. The van der Waals surface area contributed by atoms with E-state index >= 15 is 0 Å². The van der Waals surface area contributed by atoms with Crippen LogP contribution in [-0.4, -0.2) is 5.11 Å². The molecule has 1 N–H and O–H groups in total. The van der Waals surface area contributed by atoms with Crippen molar-refractivity contribution in [1.29, 1.82) is 0 Å². The van der Waals surface area contributed by atoms with Gasteiger partial charge in [-0.2, -0.15) is 0 Å². The molecule has 2 aromatic rings. The first kappa shape index (κ1) is 13.9. The van der Waals surface area contributed by atoms with Crippen molar-refractivity contribution in [3.8, 4) is 0 Å². The minimum absolute atomic E-state index is 0.161. The number of benzene rings is 2. The van der Waals surface area contributed by atoms with E-state index in [9.17, 15) is 13.9 Å². The molecule has 0 fully saturated rings. The van der Waals surface area contributed by atoms with Gasteiger partial charge in [-0.15, -0.1) is 0 Å². The molecule has 0 saturated heterocycles. The van der Waals surface area contributed by atoms with Gasteiger partial charge in [0.1, 0.15) is 17.7 Å². The zero-order chi connectivity index (χ0) is 13.3. The summed E-state index contributed by atoms with van der Waals surface area (Å²) in [5.41, 5.74) is 0.642. The summed E-state index contributed by atoms with van der Waals surface area (Å²) < 4.78 is 27.9. The molecule has 0 aliphatic heterocycles. The fourth-order valence-electron chi connectivity index (χ4n) is 1.61. The van der Waals surface area contributed by atoms with E-state index in [2.05, 4.69) is 15.9 Å². The first-order chi connectivity index (χ1) is 8.49. The Kier molecular flexibility index (Phi) is 4.34. The highest BCUT2D eigenvalue weighted by molar-refractivity contribution is 14.1. The van der Waals surface area contributed by atoms with E-state index in [4.69, 9.17) is 0 Å². The third-order valence-electron chi connectivity index (χ3n) is 2.51. The maximum Gasteiger partial charge on any atom is 0.129 e. The first-order valence-corrected chi connectivity index (χ1v) is 6.94. The van der Waals surface area contributed by atoms with Crippen LogP contribution in [0.1, 0.15) is 17.2 Å². The van der Waals surface area contributed by atoms with Crippen molar-refractivity contribution < 1.29 is 13.9 Å². The highest BCUT2D eigenvalue weighted by atomic mass is 127. The fraction of sp³-hybridized carbons (Fsp3) is 0.0769. The lowest BCUT2D eigenvalue weighted by molar-refractivity contribution is 0.214. The number of halogens is 4. The zero-order valence-corrected chi connectivity index (χ0v) is 12.7. The average Bonchev–Trinajstić information content (AvgIpc) is 2.31. The normalized spacial score (nSPS) is 12.5. The second kappa shape index (κ2) is 5.63. The van der Waals surface area contributed by atoms with Gasteiger partial charge in [-0.25, -0.2) is 8.78 Å². The maximum atomic E-state index is 13.7. The molecule has 1 atom stereocenters. The van der Waals surface area contributed by atoms with Gasteiger partial charge in [0.05, 0.1) is 0 Å². The summed E-state index contributed by atoms with van der Waals surface area (Å²) >= 11 is 5.14. The predicted octanol–water partition coefficient (Wildman–Crippen LogP) is 4.41. The van der Waals surface area contributed by atoms with Crippen molar-refractivity contribution in [1.82, 2.24) is 0 Å². The van der Waals surface area contributed by atoms with Crippen LogP contribution in [0.3, 0.4) is 0 Å². The molecule has 94 valence electrons. The quantitative estimate of drug-likeness (QED) is 0.708. The number of rotatable bonds is 2. The minimum atomic E-state index is -1.12. The van der Waals surface area contributed by atoms with Crippen LogP contribution in [0.15, 0.2) is 40.9 Å². The average molecular weight is 425 g/mol. The summed E-state index contributed by atoms with van der Waals surface area (Å²) in [7, 11) is 0. The number of aliphatic hydroxyl groups excluding tert-OH is 1. The van der Waals surface area contributed by atoms with E-state index in [0.29, 0.717) is 13.6 Å². The molecule has 1 unspecified atom stereocenters. The van der Waals surface area contributed by atoms with Crippen molar-refractivity contribution in [3.05, 3.63) is 67.2 Å². The largest absolute Gasteiger partial charge is 0.384 e. The smallest absolute Gasteiger partial charge is 0.129 e. The number of hydrogen-bond acceptors (Lipinski definition) is 1. The van der Waals surface area contributed by atoms with Crippen LogP contribution in [0.25, 0.3) is 0 Å². The van der Waals surface area contributed by atoms with Crippen molar-refractivity contribution in [2.45, 2.75) is 6.10 Å². The molecule has 0 saturated carbocycles. The van der Waals surface area contributed by atoms with Crippen molar-refractivity contribution in [3.63, 3.8) is 0 Å². The highest BCUT2D eigenvalue weighted by Crippen LogP contribution is 2.30. The molecule has 0 aliphatic carbocycles. The van der Waals surface area contributed by atoms with Crippen LogP contribution in [0.5, 0.6) is 0 Å². The van der Waals surface area contributed by atoms with E-state index in [0.717, 1.165) is 0 Å². The van der Waals surface area contributed by atoms with Gasteiger partial charge >= 0.3 is 0 Å². The SMILES string of the molecule is OC(c1cc(Br)ccc1F)c1ccc(F)cc1I. The molecule has 2 aromatic carbocycles. The van der Waals surface area contributed by atoms with Crippen LogP contribution >= 0.6 is 38.5 Å². The second-order valence-corrected chi connectivity index (χ2v) is 5.81. The molecule has 5 heteroatoms. The lowest BCUT2D eigenvalue weighted by Gasteiger charge is -2.14. The van der Waals surface area contributed by atoms with Gasteiger partial charge in [0.2, 0.25) is 0 Å². The predicted molar refractivity (Wildman–Crippen MR) is 77.3 cm³/mol. The molecule has 0 bridgehead atoms. The Hall–Kier alpha value is -0.530. The van der Waals surface area contributed by atoms with Gasteiger partial charge in [0.25, 0.3) is 0 Å². The lowest BCUT2D eigenvalue weighted by atomic mass is 10.0. The van der Waals surface area contributed by atoms with Crippen molar-refractivity contribution >= 4 is 38.5 Å². The van der Waals surface area contributed by atoms with Gasteiger partial charge < -0.3 is 5.11 Å². The molecule has 2 rings (SSSR count). The van der Waals surface area contributed by atoms with E-state index in [1.165, 1.54) is 30.3 Å². The Labute approximate surface area is 125 Å². The summed E-state index contributed by atoms with van der Waals surface area (Å²) in [5, 5.41) is 10.2. The van der Waals surface area contributed by atoms with E-state index in [-0.39, 0.29) is 11.4 Å². The number of aliphatic hydroxyl groups is 1. The Morgan fingerprint density at radius 1 is 1.06 bits per heavy atom.